The molecule has 0 amide bonds. The molecule has 0 N–H and O–H groups in total. The van der Waals surface area contributed by atoms with Crippen molar-refractivity contribution in [2.45, 2.75) is 40.5 Å². The van der Waals surface area contributed by atoms with Crippen LogP contribution in [0.15, 0.2) is 34.4 Å². The van der Waals surface area contributed by atoms with Crippen LogP contribution in [0.25, 0.3) is 0 Å². The van der Waals surface area contributed by atoms with Gasteiger partial charge in [0.05, 0.1) is 0 Å². The predicted molar refractivity (Wildman–Crippen MR) is 62.7 cm³/mol. The van der Waals surface area contributed by atoms with Gasteiger partial charge in [-0.25, -0.2) is 22.3 Å². The van der Waals surface area contributed by atoms with Crippen LogP contribution < -0.4 is 12.4 Å². The first-order valence-corrected chi connectivity index (χ1v) is 5.10. The van der Waals surface area contributed by atoms with Crippen molar-refractivity contribution in [3.8, 4) is 0 Å². The molecule has 0 atom stereocenters. The van der Waals surface area contributed by atoms with Gasteiger partial charge in [-0.3, -0.25) is 12.2 Å². The molecule has 0 aromatic heterocycles. The van der Waals surface area contributed by atoms with Crippen molar-refractivity contribution in [1.82, 2.24) is 0 Å². The Balaban J connectivity index is -0.000000196. The van der Waals surface area contributed by atoms with Gasteiger partial charge in [0, 0.05) is 0 Å². The summed E-state index contributed by atoms with van der Waals surface area (Å²) in [4.78, 5) is 0. The minimum atomic E-state index is 0. The van der Waals surface area contributed by atoms with Crippen LogP contribution in [0.5, 0.6) is 0 Å². The zero-order chi connectivity index (χ0) is 10.6. The van der Waals surface area contributed by atoms with Crippen molar-refractivity contribution in [1.29, 1.82) is 0 Å². The van der Waals surface area contributed by atoms with Crippen LogP contribution in [0.2, 0.25) is 0 Å². The van der Waals surface area contributed by atoms with Gasteiger partial charge in [0.15, 0.2) is 0 Å². The number of rotatable bonds is 0. The maximum absolute atomic E-state index is 3.19. The van der Waals surface area contributed by atoms with Gasteiger partial charge in [-0.05, 0) is 0 Å². The third-order valence-corrected chi connectivity index (χ3v) is 2.73. The second-order valence-corrected chi connectivity index (χ2v) is 3.79. The van der Waals surface area contributed by atoms with Gasteiger partial charge in [0.2, 0.25) is 0 Å². The van der Waals surface area contributed by atoms with Crippen molar-refractivity contribution in [3.63, 3.8) is 0 Å². The molecule has 2 aliphatic carbocycles. The molecular weight excluding hydrogens is 295 g/mol. The zero-order valence-corrected chi connectivity index (χ0v) is 13.7. The molecule has 88 valence electrons. The number of hydrogen-bond acceptors (Lipinski definition) is 0. The number of halogens is 1. The smallest absolute Gasteiger partial charge is 1.00 e. The summed E-state index contributed by atoms with van der Waals surface area (Å²) in [7, 11) is 0. The molecule has 0 spiro atoms. The van der Waals surface area contributed by atoms with Gasteiger partial charge < -0.3 is 13.8 Å². The summed E-state index contributed by atoms with van der Waals surface area (Å²) in [5.41, 5.74) is 5.42. The van der Waals surface area contributed by atoms with E-state index in [-0.39, 0.29) is 40.0 Å². The fourth-order valence-electron chi connectivity index (χ4n) is 1.30. The van der Waals surface area contributed by atoms with E-state index in [4.69, 9.17) is 0 Å². The van der Waals surface area contributed by atoms with E-state index in [2.05, 4.69) is 52.0 Å². The molecule has 2 heteroatoms. The molecule has 0 saturated heterocycles. The van der Waals surface area contributed by atoms with Crippen molar-refractivity contribution >= 4 is 0 Å². The van der Waals surface area contributed by atoms with Crippen LogP contribution in [0.3, 0.4) is 0 Å². The maximum atomic E-state index is 3.19. The van der Waals surface area contributed by atoms with Crippen LogP contribution in [0.4, 0.5) is 0 Å². The van der Waals surface area contributed by atoms with Crippen LogP contribution in [0, 0.1) is 12.2 Å². The predicted octanol–water partition coefficient (Wildman–Crippen LogP) is 1.29. The van der Waals surface area contributed by atoms with E-state index in [1.165, 1.54) is 22.3 Å². The summed E-state index contributed by atoms with van der Waals surface area (Å²) in [6, 6.07) is 0. The third kappa shape index (κ3) is 6.01. The maximum Gasteiger partial charge on any atom is 2.00 e. The van der Waals surface area contributed by atoms with E-state index in [9.17, 15) is 0 Å². The Labute approximate surface area is 127 Å². The largest absolute Gasteiger partial charge is 2.00 e. The normalized spacial score (nSPS) is 16.8. The summed E-state index contributed by atoms with van der Waals surface area (Å²) in [5, 5.41) is 0. The van der Waals surface area contributed by atoms with E-state index in [0.29, 0.717) is 0 Å². The molecule has 16 heavy (non-hydrogen) atoms. The van der Waals surface area contributed by atoms with Gasteiger partial charge in [0.1, 0.15) is 0 Å². The summed E-state index contributed by atoms with van der Waals surface area (Å²) < 4.78 is 0. The van der Waals surface area contributed by atoms with E-state index in [0.717, 1.165) is 12.8 Å². The first kappa shape index (κ1) is 18.5. The average molecular weight is 314 g/mol. The van der Waals surface area contributed by atoms with Gasteiger partial charge in [-0.1, -0.05) is 13.8 Å². The molecule has 0 unspecified atom stereocenters. The molecule has 0 saturated carbocycles. The fourth-order valence-corrected chi connectivity index (χ4v) is 1.30. The Morgan fingerprint density at radius 1 is 0.875 bits per heavy atom. The molecule has 0 bridgehead atoms. The first-order chi connectivity index (χ1) is 6.61. The van der Waals surface area contributed by atoms with Crippen LogP contribution >= 0.6 is 0 Å². The van der Waals surface area contributed by atoms with Gasteiger partial charge >= 0.3 is 26.2 Å². The summed E-state index contributed by atoms with van der Waals surface area (Å²) in [6.07, 6.45) is 12.8. The molecule has 2 rings (SSSR count). The standard InChI is InChI=1S/2C7H9.ClH.Zr.H/c2*1-6-4-3-5-7(6)2;;;/h2*4H,3H2,1-2H3;1H;;/q2*-1;;+2;-1/p-1. The zero-order valence-electron chi connectivity index (χ0n) is 11.4. The van der Waals surface area contributed by atoms with Gasteiger partial charge in [-0.2, -0.15) is 12.2 Å². The molecule has 0 heterocycles. The summed E-state index contributed by atoms with van der Waals surface area (Å²) >= 11 is 0. The van der Waals surface area contributed by atoms with E-state index >= 15 is 0 Å². The second kappa shape index (κ2) is 9.19. The first-order valence-electron chi connectivity index (χ1n) is 5.10. The summed E-state index contributed by atoms with van der Waals surface area (Å²) in [5.74, 6) is 0. The Hall–Kier alpha value is 0.133. The Morgan fingerprint density at radius 2 is 1.19 bits per heavy atom. The molecule has 0 aliphatic heterocycles. The van der Waals surface area contributed by atoms with Gasteiger partial charge in [0.25, 0.3) is 0 Å². The number of hydrogen-bond donors (Lipinski definition) is 0. The van der Waals surface area contributed by atoms with E-state index < -0.39 is 0 Å². The quantitative estimate of drug-likeness (QED) is 0.591. The van der Waals surface area contributed by atoms with Crippen molar-refractivity contribution < 1.29 is 40.0 Å². The molecular formula is C14H19ClZr-2. The third-order valence-electron chi connectivity index (χ3n) is 2.73. The SMILES string of the molecule is CC1=[C-]CC=C1C.CC1=[C-]CC=C1C.[Cl-].[H-].[Zr+2]. The van der Waals surface area contributed by atoms with Crippen molar-refractivity contribution in [2.75, 3.05) is 0 Å². The fraction of sp³-hybridized carbons (Fsp3) is 0.429. The molecule has 2 aliphatic rings. The topological polar surface area (TPSA) is 0 Å². The molecule has 0 fully saturated rings. The molecule has 0 radical (unpaired) electrons. The Bertz CT molecular complexity index is 272. The monoisotopic (exact) mass is 312 g/mol. The molecule has 0 aromatic carbocycles. The minimum absolute atomic E-state index is 0. The average Bonchev–Trinajstić information content (AvgIpc) is 2.67. The van der Waals surface area contributed by atoms with Crippen LogP contribution in [-0.2, 0) is 26.2 Å². The van der Waals surface area contributed by atoms with Crippen molar-refractivity contribution in [3.05, 3.63) is 46.6 Å². The minimum Gasteiger partial charge on any atom is -1.00 e. The second-order valence-electron chi connectivity index (χ2n) is 3.79. The van der Waals surface area contributed by atoms with Crippen LogP contribution in [-0.4, -0.2) is 0 Å². The Morgan fingerprint density at radius 3 is 1.25 bits per heavy atom. The molecule has 0 nitrogen and oxygen atoms in total. The summed E-state index contributed by atoms with van der Waals surface area (Å²) in [6.45, 7) is 8.43. The van der Waals surface area contributed by atoms with E-state index in [1.54, 1.807) is 0 Å². The number of allylic oxidation sites excluding steroid dienone is 8. The Kier molecular flexibility index (Phi) is 10.6. The van der Waals surface area contributed by atoms with Crippen molar-refractivity contribution in [2.24, 2.45) is 0 Å². The van der Waals surface area contributed by atoms with Crippen LogP contribution in [0.1, 0.15) is 42.0 Å². The molecule has 0 aromatic rings. The van der Waals surface area contributed by atoms with Gasteiger partial charge in [-0.15, -0.1) is 26.7 Å². The van der Waals surface area contributed by atoms with E-state index in [1.807, 2.05) is 0 Å².